The van der Waals surface area contributed by atoms with Crippen LogP contribution in [-0.4, -0.2) is 96.5 Å². The van der Waals surface area contributed by atoms with E-state index in [1.165, 1.54) is 17.7 Å². The number of hydrogen-bond acceptors (Lipinski definition) is 10. The van der Waals surface area contributed by atoms with Crippen LogP contribution in [0.4, 0.5) is 17.1 Å². The molecule has 0 radical (unpaired) electrons. The van der Waals surface area contributed by atoms with Crippen molar-refractivity contribution in [2.75, 3.05) is 69.9 Å². The zero-order valence-electron chi connectivity index (χ0n) is 26.7. The predicted molar refractivity (Wildman–Crippen MR) is 190 cm³/mol. The van der Waals surface area contributed by atoms with Crippen molar-refractivity contribution in [3.8, 4) is 5.75 Å². The van der Waals surface area contributed by atoms with Crippen LogP contribution in [0.15, 0.2) is 84.4 Å². The maximum absolute atomic E-state index is 6.58. The third-order valence-electron chi connectivity index (χ3n) is 8.64. The average molecular weight is 711 g/mol. The lowest BCUT2D eigenvalue weighted by molar-refractivity contribution is -0.190. The number of thioether (sulfide) groups is 1. The van der Waals surface area contributed by atoms with Crippen LogP contribution in [0.5, 0.6) is 5.75 Å². The van der Waals surface area contributed by atoms with Gasteiger partial charge >= 0.3 is 0 Å². The average Bonchev–Trinajstić information content (AvgIpc) is 3.86. The Kier molecular flexibility index (Phi) is 9.99. The summed E-state index contributed by atoms with van der Waals surface area (Å²) in [4.78, 5) is 15.8. The van der Waals surface area contributed by atoms with E-state index < -0.39 is 5.79 Å². The summed E-state index contributed by atoms with van der Waals surface area (Å²) in [7, 11) is 3.79. The van der Waals surface area contributed by atoms with Crippen molar-refractivity contribution in [1.82, 2.24) is 19.7 Å². The van der Waals surface area contributed by atoms with Crippen LogP contribution in [0, 0.1) is 0 Å². The highest BCUT2D eigenvalue weighted by atomic mass is 35.5. The Morgan fingerprint density at radius 3 is 2.31 bits per heavy atom. The fourth-order valence-corrected chi connectivity index (χ4v) is 7.67. The van der Waals surface area contributed by atoms with Gasteiger partial charge in [-0.25, -0.2) is 14.7 Å². The molecule has 7 rings (SSSR count). The van der Waals surface area contributed by atoms with Crippen LogP contribution in [0.1, 0.15) is 5.56 Å². The molecule has 3 atom stereocenters. The first-order chi connectivity index (χ1) is 23.4. The van der Waals surface area contributed by atoms with Crippen LogP contribution in [-0.2, 0) is 26.5 Å². The molecule has 3 aliphatic rings. The van der Waals surface area contributed by atoms with Crippen molar-refractivity contribution < 1.29 is 18.9 Å². The second-order valence-corrected chi connectivity index (χ2v) is 13.8. The number of amidine groups is 1. The van der Waals surface area contributed by atoms with Gasteiger partial charge in [-0.1, -0.05) is 41.0 Å². The molecule has 0 bridgehead atoms. The Morgan fingerprint density at radius 1 is 0.979 bits per heavy atom. The Hall–Kier alpha value is -3.52. The summed E-state index contributed by atoms with van der Waals surface area (Å²) in [5.74, 6) is -0.381. The fourth-order valence-electron chi connectivity index (χ4n) is 6.08. The zero-order chi connectivity index (χ0) is 33.1. The van der Waals surface area contributed by atoms with Crippen LogP contribution in [0.3, 0.4) is 0 Å². The van der Waals surface area contributed by atoms with E-state index in [-0.39, 0.29) is 18.1 Å². The molecule has 3 aromatic carbocycles. The van der Waals surface area contributed by atoms with Gasteiger partial charge in [-0.15, -0.1) is 0 Å². The van der Waals surface area contributed by atoms with Gasteiger partial charge in [0.1, 0.15) is 43.1 Å². The number of ether oxygens (including phenoxy) is 4. The number of piperazine rings is 1. The molecule has 3 aliphatic heterocycles. The first-order valence-electron chi connectivity index (χ1n) is 15.8. The second-order valence-electron chi connectivity index (χ2n) is 11.9. The summed E-state index contributed by atoms with van der Waals surface area (Å²) in [6.07, 6.45) is 2.77. The molecular formula is C34H37Cl2N7O4S. The van der Waals surface area contributed by atoms with Crippen LogP contribution in [0.2, 0.25) is 10.0 Å². The van der Waals surface area contributed by atoms with Gasteiger partial charge in [-0.3, -0.25) is 0 Å². The van der Waals surface area contributed by atoms with Crippen molar-refractivity contribution in [3.63, 3.8) is 0 Å². The Morgan fingerprint density at radius 2 is 1.69 bits per heavy atom. The number of anilines is 2. The summed E-state index contributed by atoms with van der Waals surface area (Å²) in [5, 5.41) is 6.21. The molecule has 4 heterocycles. The Bertz CT molecular complexity index is 1710. The number of benzene rings is 3. The zero-order valence-corrected chi connectivity index (χ0v) is 29.1. The third-order valence-corrected chi connectivity index (χ3v) is 10.4. The lowest BCUT2D eigenvalue weighted by atomic mass is 10.1. The number of aliphatic imine (C=N–C) groups is 1. The van der Waals surface area contributed by atoms with Crippen molar-refractivity contribution in [3.05, 3.63) is 95.0 Å². The van der Waals surface area contributed by atoms with Crippen molar-refractivity contribution >= 4 is 57.2 Å². The van der Waals surface area contributed by atoms with Crippen LogP contribution < -0.4 is 14.5 Å². The van der Waals surface area contributed by atoms with E-state index in [1.54, 1.807) is 42.0 Å². The van der Waals surface area contributed by atoms with Gasteiger partial charge in [-0.2, -0.15) is 5.10 Å². The highest BCUT2D eigenvalue weighted by molar-refractivity contribution is 8.14. The normalized spacial score (nSPS) is 23.8. The van der Waals surface area contributed by atoms with Gasteiger partial charge in [0.05, 0.1) is 23.9 Å². The number of likely N-dealkylation sites (N-methyl/N-ethyl adjacent to an activating group) is 1. The van der Waals surface area contributed by atoms with E-state index in [0.717, 1.165) is 49.3 Å². The number of methoxy groups -OCH3 is 1. The van der Waals surface area contributed by atoms with E-state index in [9.17, 15) is 0 Å². The summed E-state index contributed by atoms with van der Waals surface area (Å²) < 4.78 is 26.0. The number of halogens is 2. The first kappa shape index (κ1) is 33.0. The minimum absolute atomic E-state index is 0.134. The molecule has 0 amide bonds. The SMILES string of the molecule is COC1CN(C)/C(=N/c2ccc(N3CCN(c4ccc(OCC5COC(Cn6cncn6)(c6ccc(Cl)cc6Cl)O5)cc4)CC3)cc2)S1. The topological polar surface area (TPSA) is 89.7 Å². The number of aromatic nitrogens is 3. The molecule has 4 aromatic rings. The lowest BCUT2D eigenvalue weighted by Crippen LogP contribution is -2.46. The number of hydrogen-bond donors (Lipinski definition) is 0. The second kappa shape index (κ2) is 14.5. The molecule has 0 N–H and O–H groups in total. The van der Waals surface area contributed by atoms with Crippen molar-refractivity contribution in [2.45, 2.75) is 23.9 Å². The molecule has 14 heteroatoms. The monoisotopic (exact) mass is 709 g/mol. The summed E-state index contributed by atoms with van der Waals surface area (Å²) >= 11 is 14.4. The van der Waals surface area contributed by atoms with Crippen LogP contribution >= 0.6 is 35.0 Å². The maximum atomic E-state index is 6.58. The standard InChI is InChI=1S/C34H37Cl2N7O4S/c1-40-18-32(44-2)48-33(40)39-25-4-6-26(7-5-25)41-13-15-42(16-14-41)27-8-10-28(11-9-27)45-19-29-20-46-34(47-29,21-43-23-37-22-38-43)30-12-3-24(35)17-31(30)36/h3-12,17,22-23,29,32H,13-16,18-21H2,1-2H3/b39-33-. The molecule has 252 valence electrons. The van der Waals surface area contributed by atoms with Crippen LogP contribution in [0.25, 0.3) is 0 Å². The Labute approximate surface area is 294 Å². The van der Waals surface area contributed by atoms with Crippen molar-refractivity contribution in [2.24, 2.45) is 4.99 Å². The first-order valence-corrected chi connectivity index (χ1v) is 17.4. The third kappa shape index (κ3) is 7.39. The molecule has 11 nitrogen and oxygen atoms in total. The number of nitrogens with zero attached hydrogens (tertiary/aromatic N) is 7. The number of rotatable bonds is 10. The van der Waals surface area contributed by atoms with E-state index in [4.69, 9.17) is 47.1 Å². The molecular weight excluding hydrogens is 673 g/mol. The van der Waals surface area contributed by atoms with E-state index in [0.29, 0.717) is 28.8 Å². The van der Waals surface area contributed by atoms with Gasteiger partial charge in [-0.05, 0) is 60.7 Å². The van der Waals surface area contributed by atoms with E-state index in [2.05, 4.69) is 61.2 Å². The van der Waals surface area contributed by atoms with Crippen molar-refractivity contribution in [1.29, 1.82) is 0 Å². The molecule has 0 aliphatic carbocycles. The van der Waals surface area contributed by atoms with Gasteiger partial charge < -0.3 is 33.6 Å². The minimum Gasteiger partial charge on any atom is -0.491 e. The molecule has 48 heavy (non-hydrogen) atoms. The summed E-state index contributed by atoms with van der Waals surface area (Å²) in [6.45, 7) is 5.50. The van der Waals surface area contributed by atoms with E-state index >= 15 is 0 Å². The highest BCUT2D eigenvalue weighted by Crippen LogP contribution is 2.40. The Balaban J connectivity index is 0.912. The highest BCUT2D eigenvalue weighted by Gasteiger charge is 2.45. The molecule has 1 aromatic heterocycles. The molecule has 3 unspecified atom stereocenters. The van der Waals surface area contributed by atoms with Gasteiger partial charge in [0, 0.05) is 62.3 Å². The minimum atomic E-state index is -1.15. The smallest absolute Gasteiger partial charge is 0.217 e. The van der Waals surface area contributed by atoms with Gasteiger partial charge in [0.15, 0.2) is 5.17 Å². The summed E-state index contributed by atoms with van der Waals surface area (Å²) in [6, 6.07) is 22.0. The molecule has 3 fully saturated rings. The van der Waals surface area contributed by atoms with Gasteiger partial charge in [0.25, 0.3) is 0 Å². The maximum Gasteiger partial charge on any atom is 0.217 e. The predicted octanol–water partition coefficient (Wildman–Crippen LogP) is 5.90. The van der Waals surface area contributed by atoms with E-state index in [1.807, 2.05) is 25.2 Å². The largest absolute Gasteiger partial charge is 0.491 e. The fraction of sp³-hybridized carbons (Fsp3) is 0.382. The van der Waals surface area contributed by atoms with Gasteiger partial charge in [0.2, 0.25) is 5.79 Å². The lowest BCUT2D eigenvalue weighted by Gasteiger charge is -2.37. The summed E-state index contributed by atoms with van der Waals surface area (Å²) in [5.41, 5.74) is 4.15. The quantitative estimate of drug-likeness (QED) is 0.198. The molecule has 0 saturated carbocycles. The molecule has 0 spiro atoms. The molecule has 3 saturated heterocycles.